The maximum absolute atomic E-state index is 12.0. The number of hydrogen-bond acceptors (Lipinski definition) is 5. The van der Waals surface area contributed by atoms with Crippen molar-refractivity contribution in [3.8, 4) is 0 Å². The second-order valence-corrected chi connectivity index (χ2v) is 4.99. The molecule has 2 heterocycles. The van der Waals surface area contributed by atoms with E-state index in [-0.39, 0.29) is 16.8 Å². The molecular weight excluding hydrogens is 302 g/mol. The van der Waals surface area contributed by atoms with Gasteiger partial charge in [-0.25, -0.2) is 15.0 Å². The van der Waals surface area contributed by atoms with Gasteiger partial charge in [0.2, 0.25) is 0 Å². The van der Waals surface area contributed by atoms with Gasteiger partial charge in [-0.2, -0.15) is 0 Å². The number of pyridine rings is 1. The van der Waals surface area contributed by atoms with Gasteiger partial charge in [0.1, 0.15) is 5.82 Å². The molecule has 1 aromatic carbocycles. The Morgan fingerprint density at radius 3 is 2.77 bits per heavy atom. The summed E-state index contributed by atoms with van der Waals surface area (Å²) >= 11 is 5.84. The third-order valence-electron chi connectivity index (χ3n) is 3.18. The Labute approximate surface area is 131 Å². The summed E-state index contributed by atoms with van der Waals surface area (Å²) < 4.78 is 0. The number of fused-ring (bicyclic) bond motifs is 1. The van der Waals surface area contributed by atoms with Crippen molar-refractivity contribution >= 4 is 34.1 Å². The van der Waals surface area contributed by atoms with Crippen LogP contribution < -0.4 is 11.1 Å². The molecule has 0 aliphatic rings. The maximum Gasteiger partial charge on any atom is 0.273 e. The van der Waals surface area contributed by atoms with E-state index in [4.69, 9.17) is 17.3 Å². The van der Waals surface area contributed by atoms with Crippen molar-refractivity contribution in [3.05, 3.63) is 59.3 Å². The van der Waals surface area contributed by atoms with Crippen molar-refractivity contribution in [1.82, 2.24) is 20.3 Å². The number of anilines is 1. The lowest BCUT2D eigenvalue weighted by atomic mass is 10.1. The normalized spacial score (nSPS) is 10.6. The van der Waals surface area contributed by atoms with E-state index < -0.39 is 0 Å². The van der Waals surface area contributed by atoms with Gasteiger partial charge in [-0.05, 0) is 23.1 Å². The van der Waals surface area contributed by atoms with Crippen LogP contribution in [0.1, 0.15) is 16.1 Å². The Kier molecular flexibility index (Phi) is 3.84. The summed E-state index contributed by atoms with van der Waals surface area (Å²) in [6, 6.07) is 7.59. The minimum absolute atomic E-state index is 0.0809. The minimum Gasteiger partial charge on any atom is -0.383 e. The molecular formula is C15H12ClN5O. The third-order valence-corrected chi connectivity index (χ3v) is 3.46. The van der Waals surface area contributed by atoms with Crippen LogP contribution in [0.25, 0.3) is 10.8 Å². The lowest BCUT2D eigenvalue weighted by molar-refractivity contribution is 0.0945. The molecule has 110 valence electrons. The number of nitrogens with two attached hydrogens (primary N) is 1. The minimum atomic E-state index is -0.368. The number of nitrogens with zero attached hydrogens (tertiary/aromatic N) is 3. The highest BCUT2D eigenvalue weighted by Crippen LogP contribution is 2.20. The first-order valence-electron chi connectivity index (χ1n) is 6.53. The van der Waals surface area contributed by atoms with Crippen molar-refractivity contribution in [2.75, 3.05) is 5.73 Å². The predicted molar refractivity (Wildman–Crippen MR) is 84.4 cm³/mol. The van der Waals surface area contributed by atoms with E-state index in [0.717, 1.165) is 16.3 Å². The fraction of sp³-hybridized carbons (Fsp3) is 0.0667. The zero-order valence-corrected chi connectivity index (χ0v) is 12.2. The van der Waals surface area contributed by atoms with Crippen LogP contribution in [0, 0.1) is 0 Å². The average Bonchev–Trinajstić information content (AvgIpc) is 2.53. The van der Waals surface area contributed by atoms with Crippen LogP contribution in [0.3, 0.4) is 0 Å². The molecule has 7 heteroatoms. The summed E-state index contributed by atoms with van der Waals surface area (Å²) in [5.41, 5.74) is 6.86. The Hall–Kier alpha value is -2.73. The van der Waals surface area contributed by atoms with E-state index >= 15 is 0 Å². The first-order valence-corrected chi connectivity index (χ1v) is 6.91. The predicted octanol–water partition coefficient (Wildman–Crippen LogP) is 2.19. The average molecular weight is 314 g/mol. The van der Waals surface area contributed by atoms with Crippen LogP contribution in [-0.2, 0) is 6.54 Å². The van der Waals surface area contributed by atoms with Gasteiger partial charge < -0.3 is 11.1 Å². The van der Waals surface area contributed by atoms with Gasteiger partial charge in [-0.3, -0.25) is 4.79 Å². The second kappa shape index (κ2) is 5.95. The highest BCUT2D eigenvalue weighted by molar-refractivity contribution is 6.32. The van der Waals surface area contributed by atoms with Crippen molar-refractivity contribution in [2.24, 2.45) is 0 Å². The smallest absolute Gasteiger partial charge is 0.273 e. The summed E-state index contributed by atoms with van der Waals surface area (Å²) in [4.78, 5) is 23.8. The topological polar surface area (TPSA) is 93.8 Å². The molecule has 0 aliphatic heterocycles. The first kappa shape index (κ1) is 14.2. The van der Waals surface area contributed by atoms with Gasteiger partial charge in [-0.15, -0.1) is 0 Å². The zero-order valence-electron chi connectivity index (χ0n) is 11.5. The van der Waals surface area contributed by atoms with Crippen molar-refractivity contribution < 1.29 is 4.79 Å². The number of halogens is 1. The fourth-order valence-electron chi connectivity index (χ4n) is 2.10. The van der Waals surface area contributed by atoms with Crippen molar-refractivity contribution in [2.45, 2.75) is 6.54 Å². The lowest BCUT2D eigenvalue weighted by Gasteiger charge is -2.07. The van der Waals surface area contributed by atoms with Crippen LogP contribution in [0.15, 0.2) is 42.9 Å². The Balaban J connectivity index is 1.77. The number of rotatable bonds is 3. The summed E-state index contributed by atoms with van der Waals surface area (Å²) in [6.45, 7) is 0.351. The molecule has 0 spiro atoms. The maximum atomic E-state index is 12.0. The summed E-state index contributed by atoms with van der Waals surface area (Å²) in [5.74, 6) is 0.117. The Morgan fingerprint density at radius 2 is 1.95 bits per heavy atom. The molecule has 3 aromatic rings. The number of carbonyl (C=O) groups excluding carboxylic acids is 1. The summed E-state index contributed by atoms with van der Waals surface area (Å²) in [6.07, 6.45) is 4.51. The number of nitrogen functional groups attached to an aromatic ring is 1. The third kappa shape index (κ3) is 2.82. The van der Waals surface area contributed by atoms with Crippen LogP contribution in [-0.4, -0.2) is 20.9 Å². The SMILES string of the molecule is Nc1nccc2cc(CNC(=O)c3nccnc3Cl)ccc12. The molecule has 0 saturated heterocycles. The molecule has 0 unspecified atom stereocenters. The molecule has 0 atom stereocenters. The van der Waals surface area contributed by atoms with Gasteiger partial charge in [0.15, 0.2) is 10.8 Å². The number of amides is 1. The molecule has 1 amide bonds. The molecule has 0 bridgehead atoms. The van der Waals surface area contributed by atoms with E-state index in [0.29, 0.717) is 12.4 Å². The van der Waals surface area contributed by atoms with Crippen LogP contribution >= 0.6 is 11.6 Å². The van der Waals surface area contributed by atoms with Crippen LogP contribution in [0.4, 0.5) is 5.82 Å². The lowest BCUT2D eigenvalue weighted by Crippen LogP contribution is -2.24. The number of benzene rings is 1. The standard InChI is InChI=1S/C15H12ClN5O/c16-13-12(18-5-6-19-13)15(22)21-8-9-1-2-11-10(7-9)3-4-20-14(11)17/h1-7H,8H2,(H2,17,20)(H,21,22). The second-order valence-electron chi connectivity index (χ2n) is 4.63. The molecule has 22 heavy (non-hydrogen) atoms. The van der Waals surface area contributed by atoms with Crippen LogP contribution in [0.2, 0.25) is 5.15 Å². The monoisotopic (exact) mass is 313 g/mol. The highest BCUT2D eigenvalue weighted by atomic mass is 35.5. The summed E-state index contributed by atoms with van der Waals surface area (Å²) in [5, 5.41) is 4.70. The first-order chi connectivity index (χ1) is 10.6. The summed E-state index contributed by atoms with van der Waals surface area (Å²) in [7, 11) is 0. The molecule has 6 nitrogen and oxygen atoms in total. The van der Waals surface area contributed by atoms with E-state index in [1.165, 1.54) is 12.4 Å². The van der Waals surface area contributed by atoms with Gasteiger partial charge in [-0.1, -0.05) is 23.7 Å². The fourth-order valence-corrected chi connectivity index (χ4v) is 2.29. The number of carbonyl (C=O) groups is 1. The molecule has 0 saturated carbocycles. The highest BCUT2D eigenvalue weighted by Gasteiger charge is 2.12. The quantitative estimate of drug-likeness (QED) is 0.773. The molecule has 0 fully saturated rings. The molecule has 3 N–H and O–H groups in total. The molecule has 2 aromatic heterocycles. The molecule has 3 rings (SSSR count). The Bertz CT molecular complexity index is 852. The van der Waals surface area contributed by atoms with Gasteiger partial charge >= 0.3 is 0 Å². The van der Waals surface area contributed by atoms with E-state index in [1.807, 2.05) is 24.3 Å². The molecule has 0 aliphatic carbocycles. The van der Waals surface area contributed by atoms with Crippen molar-refractivity contribution in [3.63, 3.8) is 0 Å². The Morgan fingerprint density at radius 1 is 1.14 bits per heavy atom. The largest absolute Gasteiger partial charge is 0.383 e. The number of hydrogen-bond donors (Lipinski definition) is 2. The number of aromatic nitrogens is 3. The van der Waals surface area contributed by atoms with Crippen LogP contribution in [0.5, 0.6) is 0 Å². The van der Waals surface area contributed by atoms with E-state index in [1.54, 1.807) is 6.20 Å². The van der Waals surface area contributed by atoms with E-state index in [9.17, 15) is 4.79 Å². The van der Waals surface area contributed by atoms with Gasteiger partial charge in [0.25, 0.3) is 5.91 Å². The molecule has 0 radical (unpaired) electrons. The zero-order chi connectivity index (χ0) is 15.5. The van der Waals surface area contributed by atoms with Gasteiger partial charge in [0.05, 0.1) is 0 Å². The van der Waals surface area contributed by atoms with Gasteiger partial charge in [0, 0.05) is 30.5 Å². The van der Waals surface area contributed by atoms with Crippen molar-refractivity contribution in [1.29, 1.82) is 0 Å². The number of nitrogens with one attached hydrogen (secondary N) is 1. The van der Waals surface area contributed by atoms with E-state index in [2.05, 4.69) is 20.3 Å².